The van der Waals surface area contributed by atoms with E-state index in [2.05, 4.69) is 4.98 Å². The van der Waals surface area contributed by atoms with Crippen LogP contribution in [-0.2, 0) is 12.3 Å². The van der Waals surface area contributed by atoms with Crippen LogP contribution in [0.5, 0.6) is 0 Å². The van der Waals surface area contributed by atoms with Crippen molar-refractivity contribution >= 4 is 34.5 Å². The fourth-order valence-corrected chi connectivity index (χ4v) is 2.54. The van der Waals surface area contributed by atoms with Gasteiger partial charge in [0.1, 0.15) is 0 Å². The molecule has 0 bridgehead atoms. The number of alkyl halides is 1. The fourth-order valence-electron chi connectivity index (χ4n) is 1.30. The van der Waals surface area contributed by atoms with Gasteiger partial charge in [0, 0.05) is 16.8 Å². The number of halogens is 2. The summed E-state index contributed by atoms with van der Waals surface area (Å²) < 4.78 is 0. The highest BCUT2D eigenvalue weighted by molar-refractivity contribution is 7.09. The fraction of sp³-hybridized carbons (Fsp3) is 0.182. The molecule has 0 aliphatic rings. The topological polar surface area (TPSA) is 12.9 Å². The van der Waals surface area contributed by atoms with Crippen molar-refractivity contribution in [3.05, 3.63) is 50.9 Å². The quantitative estimate of drug-likeness (QED) is 0.754. The molecule has 0 N–H and O–H groups in total. The first-order valence-corrected chi connectivity index (χ1v) is 6.31. The second kappa shape index (κ2) is 4.97. The lowest BCUT2D eigenvalue weighted by atomic mass is 10.2. The lowest BCUT2D eigenvalue weighted by Crippen LogP contribution is -1.88. The Morgan fingerprint density at radius 3 is 2.73 bits per heavy atom. The van der Waals surface area contributed by atoms with Crippen molar-refractivity contribution in [2.75, 3.05) is 0 Å². The van der Waals surface area contributed by atoms with Crippen LogP contribution in [0.1, 0.15) is 16.3 Å². The Bertz CT molecular complexity index is 453. The SMILES string of the molecule is ClCc1csc(Cc2ccccc2Cl)n1. The first-order chi connectivity index (χ1) is 7.29. The van der Waals surface area contributed by atoms with E-state index in [4.69, 9.17) is 23.2 Å². The van der Waals surface area contributed by atoms with Crippen LogP contribution in [0.15, 0.2) is 29.6 Å². The molecule has 1 aromatic carbocycles. The van der Waals surface area contributed by atoms with Gasteiger partial charge in [0.05, 0.1) is 16.6 Å². The number of thiazole rings is 1. The van der Waals surface area contributed by atoms with E-state index in [0.717, 1.165) is 27.7 Å². The lowest BCUT2D eigenvalue weighted by Gasteiger charge is -2.00. The minimum Gasteiger partial charge on any atom is -0.245 e. The predicted octanol–water partition coefficient (Wildman–Crippen LogP) is 4.13. The molecule has 0 fully saturated rings. The van der Waals surface area contributed by atoms with Crippen LogP contribution in [-0.4, -0.2) is 4.98 Å². The molecule has 0 atom stereocenters. The zero-order valence-corrected chi connectivity index (χ0v) is 10.2. The van der Waals surface area contributed by atoms with Crippen molar-refractivity contribution in [3.8, 4) is 0 Å². The smallest absolute Gasteiger partial charge is 0.0973 e. The van der Waals surface area contributed by atoms with Crippen molar-refractivity contribution < 1.29 is 0 Å². The Labute approximate surface area is 103 Å². The minimum atomic E-state index is 0.471. The van der Waals surface area contributed by atoms with Crippen LogP contribution >= 0.6 is 34.5 Å². The average molecular weight is 258 g/mol. The molecule has 0 amide bonds. The molecule has 15 heavy (non-hydrogen) atoms. The van der Waals surface area contributed by atoms with Gasteiger partial charge in [-0.05, 0) is 11.6 Å². The van der Waals surface area contributed by atoms with Crippen molar-refractivity contribution in [2.24, 2.45) is 0 Å². The van der Waals surface area contributed by atoms with Gasteiger partial charge in [0.15, 0.2) is 0 Å². The third kappa shape index (κ3) is 2.71. The zero-order chi connectivity index (χ0) is 10.7. The van der Waals surface area contributed by atoms with E-state index in [1.54, 1.807) is 11.3 Å². The molecule has 0 aliphatic carbocycles. The number of nitrogens with zero attached hydrogens (tertiary/aromatic N) is 1. The summed E-state index contributed by atoms with van der Waals surface area (Å²) in [6, 6.07) is 7.83. The van der Waals surface area contributed by atoms with Crippen LogP contribution in [0.25, 0.3) is 0 Å². The largest absolute Gasteiger partial charge is 0.245 e. The third-order valence-electron chi connectivity index (χ3n) is 2.04. The number of hydrogen-bond donors (Lipinski definition) is 0. The van der Waals surface area contributed by atoms with Crippen molar-refractivity contribution in [1.82, 2.24) is 4.98 Å². The molecule has 0 aliphatic heterocycles. The summed E-state index contributed by atoms with van der Waals surface area (Å²) in [5, 5.41) is 3.83. The maximum Gasteiger partial charge on any atom is 0.0973 e. The Morgan fingerprint density at radius 2 is 2.07 bits per heavy atom. The van der Waals surface area contributed by atoms with Gasteiger partial charge < -0.3 is 0 Å². The van der Waals surface area contributed by atoms with Crippen molar-refractivity contribution in [3.63, 3.8) is 0 Å². The summed E-state index contributed by atoms with van der Waals surface area (Å²) in [6.07, 6.45) is 0.779. The first kappa shape index (κ1) is 10.9. The molecule has 0 unspecified atom stereocenters. The Hall–Kier alpha value is -0.570. The molecule has 4 heteroatoms. The maximum absolute atomic E-state index is 6.07. The van der Waals surface area contributed by atoms with Gasteiger partial charge in [-0.25, -0.2) is 4.98 Å². The van der Waals surface area contributed by atoms with E-state index in [0.29, 0.717) is 5.88 Å². The molecule has 1 heterocycles. The molecule has 0 saturated carbocycles. The highest BCUT2D eigenvalue weighted by Crippen LogP contribution is 2.21. The van der Waals surface area contributed by atoms with Crippen LogP contribution < -0.4 is 0 Å². The van der Waals surface area contributed by atoms with Crippen LogP contribution in [0.3, 0.4) is 0 Å². The summed E-state index contributed by atoms with van der Waals surface area (Å²) >= 11 is 13.4. The normalized spacial score (nSPS) is 10.5. The molecular weight excluding hydrogens is 249 g/mol. The van der Waals surface area contributed by atoms with Gasteiger partial charge in [0.25, 0.3) is 0 Å². The molecule has 1 aromatic heterocycles. The summed E-state index contributed by atoms with van der Waals surface area (Å²) in [7, 11) is 0. The summed E-state index contributed by atoms with van der Waals surface area (Å²) in [5.74, 6) is 0.471. The molecule has 0 saturated heterocycles. The van der Waals surface area contributed by atoms with Gasteiger partial charge in [0.2, 0.25) is 0 Å². The van der Waals surface area contributed by atoms with E-state index in [9.17, 15) is 0 Å². The lowest BCUT2D eigenvalue weighted by molar-refractivity contribution is 1.09. The number of aromatic nitrogens is 1. The second-order valence-corrected chi connectivity index (χ2v) is 4.75. The van der Waals surface area contributed by atoms with Gasteiger partial charge in [-0.1, -0.05) is 29.8 Å². The predicted molar refractivity (Wildman–Crippen MR) is 65.9 cm³/mol. The molecule has 0 spiro atoms. The van der Waals surface area contributed by atoms with Crippen LogP contribution in [0, 0.1) is 0 Å². The van der Waals surface area contributed by atoms with Crippen LogP contribution in [0.4, 0.5) is 0 Å². The highest BCUT2D eigenvalue weighted by Gasteiger charge is 2.04. The minimum absolute atomic E-state index is 0.471. The molecule has 0 radical (unpaired) electrons. The molecule has 2 rings (SSSR count). The Kier molecular flexibility index (Phi) is 3.62. The van der Waals surface area contributed by atoms with E-state index < -0.39 is 0 Å². The molecular formula is C11H9Cl2NS. The summed E-state index contributed by atoms with van der Waals surface area (Å²) in [5.41, 5.74) is 2.04. The third-order valence-corrected chi connectivity index (χ3v) is 3.58. The average Bonchev–Trinajstić information content (AvgIpc) is 2.69. The van der Waals surface area contributed by atoms with Gasteiger partial charge >= 0.3 is 0 Å². The van der Waals surface area contributed by atoms with E-state index in [1.165, 1.54) is 0 Å². The first-order valence-electron chi connectivity index (χ1n) is 4.52. The molecule has 1 nitrogen and oxygen atoms in total. The van der Waals surface area contributed by atoms with E-state index in [-0.39, 0.29) is 0 Å². The zero-order valence-electron chi connectivity index (χ0n) is 7.91. The van der Waals surface area contributed by atoms with Gasteiger partial charge in [-0.15, -0.1) is 22.9 Å². The summed E-state index contributed by atoms with van der Waals surface area (Å²) in [4.78, 5) is 4.39. The standard InChI is InChI=1S/C11H9Cl2NS/c12-6-9-7-15-11(14-9)5-8-3-1-2-4-10(8)13/h1-4,7H,5-6H2. The monoisotopic (exact) mass is 257 g/mol. The number of benzene rings is 1. The van der Waals surface area contributed by atoms with E-state index in [1.807, 2.05) is 29.6 Å². The summed E-state index contributed by atoms with van der Waals surface area (Å²) in [6.45, 7) is 0. The second-order valence-electron chi connectivity index (χ2n) is 3.13. The molecule has 78 valence electrons. The maximum atomic E-state index is 6.07. The highest BCUT2D eigenvalue weighted by atomic mass is 35.5. The van der Waals surface area contributed by atoms with Crippen LogP contribution in [0.2, 0.25) is 5.02 Å². The number of hydrogen-bond acceptors (Lipinski definition) is 2. The Morgan fingerprint density at radius 1 is 1.27 bits per heavy atom. The van der Waals surface area contributed by atoms with Crippen molar-refractivity contribution in [1.29, 1.82) is 0 Å². The van der Waals surface area contributed by atoms with E-state index >= 15 is 0 Å². The van der Waals surface area contributed by atoms with Gasteiger partial charge in [-0.3, -0.25) is 0 Å². The van der Waals surface area contributed by atoms with Gasteiger partial charge in [-0.2, -0.15) is 0 Å². The number of rotatable bonds is 3. The molecule has 2 aromatic rings. The Balaban J connectivity index is 2.18. The van der Waals surface area contributed by atoms with Crippen molar-refractivity contribution in [2.45, 2.75) is 12.3 Å².